The number of hydrogen-bond acceptors (Lipinski definition) is 2. The SMILES string of the molecule is O=C(CC1CCCCC1)NCC1CCC(O)C1. The monoisotopic (exact) mass is 239 g/mol. The average molecular weight is 239 g/mol. The zero-order valence-corrected chi connectivity index (χ0v) is 10.7. The largest absolute Gasteiger partial charge is 0.393 e. The predicted molar refractivity (Wildman–Crippen MR) is 67.5 cm³/mol. The third-order valence-corrected chi connectivity index (χ3v) is 4.30. The average Bonchev–Trinajstić information content (AvgIpc) is 2.74. The standard InChI is InChI=1S/C14H25NO2/c16-13-7-6-12(8-13)10-15-14(17)9-11-4-2-1-3-5-11/h11-13,16H,1-10H2,(H,15,17). The molecule has 2 aliphatic rings. The molecule has 0 spiro atoms. The van der Waals surface area contributed by atoms with Gasteiger partial charge >= 0.3 is 0 Å². The van der Waals surface area contributed by atoms with Crippen LogP contribution in [0, 0.1) is 11.8 Å². The zero-order chi connectivity index (χ0) is 12.1. The van der Waals surface area contributed by atoms with Gasteiger partial charge in [-0.25, -0.2) is 0 Å². The molecule has 2 saturated carbocycles. The summed E-state index contributed by atoms with van der Waals surface area (Å²) < 4.78 is 0. The normalized spacial score (nSPS) is 30.4. The minimum absolute atomic E-state index is 0.129. The molecule has 2 aliphatic carbocycles. The van der Waals surface area contributed by atoms with E-state index in [0.29, 0.717) is 11.8 Å². The van der Waals surface area contributed by atoms with Gasteiger partial charge in [0.1, 0.15) is 0 Å². The van der Waals surface area contributed by atoms with Crippen LogP contribution in [0.15, 0.2) is 0 Å². The summed E-state index contributed by atoms with van der Waals surface area (Å²) >= 11 is 0. The van der Waals surface area contributed by atoms with Crippen LogP contribution < -0.4 is 5.32 Å². The molecule has 2 atom stereocenters. The van der Waals surface area contributed by atoms with Crippen molar-refractivity contribution in [1.29, 1.82) is 0 Å². The number of amides is 1. The van der Waals surface area contributed by atoms with Crippen molar-refractivity contribution in [2.75, 3.05) is 6.54 Å². The number of rotatable bonds is 4. The summed E-state index contributed by atoms with van der Waals surface area (Å²) in [4.78, 5) is 11.8. The Morgan fingerprint density at radius 3 is 2.47 bits per heavy atom. The molecule has 2 rings (SSSR count). The molecule has 2 N–H and O–H groups in total. The Morgan fingerprint density at radius 1 is 1.06 bits per heavy atom. The Bertz CT molecular complexity index is 249. The van der Waals surface area contributed by atoms with E-state index in [-0.39, 0.29) is 12.0 Å². The van der Waals surface area contributed by atoms with Crippen molar-refractivity contribution in [3.8, 4) is 0 Å². The van der Waals surface area contributed by atoms with E-state index in [4.69, 9.17) is 0 Å². The van der Waals surface area contributed by atoms with Gasteiger partial charge in [-0.2, -0.15) is 0 Å². The molecule has 0 aliphatic heterocycles. The van der Waals surface area contributed by atoms with Gasteiger partial charge in [0.15, 0.2) is 0 Å². The first-order valence-electron chi connectivity index (χ1n) is 7.19. The zero-order valence-electron chi connectivity index (χ0n) is 10.7. The van der Waals surface area contributed by atoms with Crippen LogP contribution in [0.25, 0.3) is 0 Å². The first-order valence-corrected chi connectivity index (χ1v) is 7.19. The first-order chi connectivity index (χ1) is 8.24. The summed E-state index contributed by atoms with van der Waals surface area (Å²) in [6.45, 7) is 0.766. The smallest absolute Gasteiger partial charge is 0.220 e. The van der Waals surface area contributed by atoms with Crippen LogP contribution in [0.5, 0.6) is 0 Å². The predicted octanol–water partition coefficient (Wildman–Crippen LogP) is 2.23. The van der Waals surface area contributed by atoms with Crippen LogP contribution in [0.3, 0.4) is 0 Å². The van der Waals surface area contributed by atoms with Gasteiger partial charge in [-0.15, -0.1) is 0 Å². The summed E-state index contributed by atoms with van der Waals surface area (Å²) in [7, 11) is 0. The molecule has 2 unspecified atom stereocenters. The molecule has 0 bridgehead atoms. The number of nitrogens with one attached hydrogen (secondary N) is 1. The lowest BCUT2D eigenvalue weighted by Gasteiger charge is -2.21. The summed E-state index contributed by atoms with van der Waals surface area (Å²) in [6.07, 6.45) is 9.82. The fourth-order valence-electron chi connectivity index (χ4n) is 3.22. The highest BCUT2D eigenvalue weighted by molar-refractivity contribution is 5.76. The molecule has 3 nitrogen and oxygen atoms in total. The Morgan fingerprint density at radius 2 is 1.82 bits per heavy atom. The fraction of sp³-hybridized carbons (Fsp3) is 0.929. The van der Waals surface area contributed by atoms with Crippen molar-refractivity contribution in [3.05, 3.63) is 0 Å². The quantitative estimate of drug-likeness (QED) is 0.790. The number of carbonyl (C=O) groups is 1. The summed E-state index contributed by atoms with van der Waals surface area (Å²) in [5, 5.41) is 12.5. The van der Waals surface area contributed by atoms with Crippen LogP contribution >= 0.6 is 0 Å². The van der Waals surface area contributed by atoms with Crippen molar-refractivity contribution in [3.63, 3.8) is 0 Å². The molecule has 0 aromatic rings. The minimum Gasteiger partial charge on any atom is -0.393 e. The molecule has 1 amide bonds. The summed E-state index contributed by atoms with van der Waals surface area (Å²) in [5.74, 6) is 1.34. The van der Waals surface area contributed by atoms with Gasteiger partial charge in [-0.05, 0) is 43.9 Å². The first kappa shape index (κ1) is 12.9. The lowest BCUT2D eigenvalue weighted by Crippen LogP contribution is -2.30. The van der Waals surface area contributed by atoms with Crippen molar-refractivity contribution in [1.82, 2.24) is 5.32 Å². The van der Waals surface area contributed by atoms with E-state index in [9.17, 15) is 9.90 Å². The van der Waals surface area contributed by atoms with Gasteiger partial charge in [-0.1, -0.05) is 19.3 Å². The van der Waals surface area contributed by atoms with Gasteiger partial charge in [0.05, 0.1) is 6.10 Å². The van der Waals surface area contributed by atoms with Gasteiger partial charge in [-0.3, -0.25) is 4.79 Å². The van der Waals surface area contributed by atoms with Gasteiger partial charge in [0.25, 0.3) is 0 Å². The number of aliphatic hydroxyl groups is 1. The molecular formula is C14H25NO2. The van der Waals surface area contributed by atoms with Crippen LogP contribution in [0.2, 0.25) is 0 Å². The highest BCUT2D eigenvalue weighted by Crippen LogP contribution is 2.27. The van der Waals surface area contributed by atoms with E-state index in [0.717, 1.165) is 32.2 Å². The summed E-state index contributed by atoms with van der Waals surface area (Å²) in [6, 6.07) is 0. The topological polar surface area (TPSA) is 49.3 Å². The minimum atomic E-state index is -0.129. The van der Waals surface area contributed by atoms with E-state index >= 15 is 0 Å². The summed E-state index contributed by atoms with van der Waals surface area (Å²) in [5.41, 5.74) is 0. The molecule has 17 heavy (non-hydrogen) atoms. The second-order valence-corrected chi connectivity index (χ2v) is 5.85. The van der Waals surface area contributed by atoms with Gasteiger partial charge < -0.3 is 10.4 Å². The van der Waals surface area contributed by atoms with Crippen LogP contribution in [0.4, 0.5) is 0 Å². The molecule has 98 valence electrons. The van der Waals surface area contributed by atoms with Gasteiger partial charge in [0, 0.05) is 13.0 Å². The van der Waals surface area contributed by atoms with Crippen molar-refractivity contribution >= 4 is 5.91 Å². The Balaban J connectivity index is 1.60. The Kier molecular flexibility index (Phi) is 4.84. The maximum Gasteiger partial charge on any atom is 0.220 e. The second-order valence-electron chi connectivity index (χ2n) is 5.85. The Labute approximate surface area is 104 Å². The van der Waals surface area contributed by atoms with Crippen LogP contribution in [-0.4, -0.2) is 23.7 Å². The number of carbonyl (C=O) groups excluding carboxylic acids is 1. The van der Waals surface area contributed by atoms with E-state index in [2.05, 4.69) is 5.32 Å². The van der Waals surface area contributed by atoms with E-state index in [1.807, 2.05) is 0 Å². The van der Waals surface area contributed by atoms with Crippen molar-refractivity contribution < 1.29 is 9.90 Å². The third kappa shape index (κ3) is 4.30. The number of aliphatic hydroxyl groups excluding tert-OH is 1. The Hall–Kier alpha value is -0.570. The van der Waals surface area contributed by atoms with Gasteiger partial charge in [0.2, 0.25) is 5.91 Å². The number of hydrogen-bond donors (Lipinski definition) is 2. The molecule has 0 aromatic heterocycles. The lowest BCUT2D eigenvalue weighted by atomic mass is 9.87. The lowest BCUT2D eigenvalue weighted by molar-refractivity contribution is -0.122. The highest BCUT2D eigenvalue weighted by atomic mass is 16.3. The maximum absolute atomic E-state index is 11.8. The molecular weight excluding hydrogens is 214 g/mol. The molecule has 0 radical (unpaired) electrons. The van der Waals surface area contributed by atoms with Crippen LogP contribution in [0.1, 0.15) is 57.8 Å². The molecule has 0 aromatic carbocycles. The molecule has 2 fully saturated rings. The molecule has 0 saturated heterocycles. The van der Waals surface area contributed by atoms with Crippen LogP contribution in [-0.2, 0) is 4.79 Å². The third-order valence-electron chi connectivity index (χ3n) is 4.30. The van der Waals surface area contributed by atoms with E-state index in [1.165, 1.54) is 32.1 Å². The maximum atomic E-state index is 11.8. The van der Waals surface area contributed by atoms with Crippen molar-refractivity contribution in [2.24, 2.45) is 11.8 Å². The molecule has 3 heteroatoms. The fourth-order valence-corrected chi connectivity index (χ4v) is 3.22. The van der Waals surface area contributed by atoms with E-state index < -0.39 is 0 Å². The van der Waals surface area contributed by atoms with E-state index in [1.54, 1.807) is 0 Å². The molecule has 0 heterocycles. The second kappa shape index (κ2) is 6.39. The van der Waals surface area contributed by atoms with Crippen molar-refractivity contribution in [2.45, 2.75) is 63.9 Å². The highest BCUT2D eigenvalue weighted by Gasteiger charge is 2.23.